The van der Waals surface area contributed by atoms with Gasteiger partial charge in [-0.15, -0.1) is 0 Å². The molecule has 3 heterocycles. The minimum Gasteiger partial charge on any atom is -0.394 e. The summed E-state index contributed by atoms with van der Waals surface area (Å²) in [6.07, 6.45) is 51.6. The lowest BCUT2D eigenvalue weighted by molar-refractivity contribution is -0.379. The Kier molecular flexibility index (Phi) is 58.1. The first-order valence-electron chi connectivity index (χ1n) is 41.7. The number of aliphatic hydroxyl groups is 11. The van der Waals surface area contributed by atoms with Crippen molar-refractivity contribution in [2.45, 2.75) is 452 Å². The van der Waals surface area contributed by atoms with Crippen LogP contribution in [0, 0.1) is 0 Å². The molecule has 0 aliphatic carbocycles. The molecule has 1 amide bonds. The van der Waals surface area contributed by atoms with Crippen molar-refractivity contribution in [1.82, 2.24) is 5.32 Å². The molecular formula is C82H153NO18. The van der Waals surface area contributed by atoms with Crippen molar-refractivity contribution in [3.63, 3.8) is 0 Å². The lowest BCUT2D eigenvalue weighted by atomic mass is 9.96. The van der Waals surface area contributed by atoms with E-state index in [0.717, 1.165) is 44.9 Å². The van der Waals surface area contributed by atoms with Gasteiger partial charge in [0.1, 0.15) is 73.2 Å². The predicted octanol–water partition coefficient (Wildman–Crippen LogP) is 14.3. The summed E-state index contributed by atoms with van der Waals surface area (Å²) in [7, 11) is 0. The van der Waals surface area contributed by atoms with E-state index in [0.29, 0.717) is 12.8 Å². The molecular weight excluding hydrogens is 1290 g/mol. The number of ether oxygens (including phenoxy) is 6. The first kappa shape index (κ1) is 93.2. The molecule has 3 aliphatic rings. The van der Waals surface area contributed by atoms with Gasteiger partial charge in [-0.25, -0.2) is 0 Å². The summed E-state index contributed by atoms with van der Waals surface area (Å²) in [5.74, 6) is -0.282. The highest BCUT2D eigenvalue weighted by molar-refractivity contribution is 5.76. The van der Waals surface area contributed by atoms with Crippen molar-refractivity contribution >= 4 is 5.91 Å². The van der Waals surface area contributed by atoms with Crippen LogP contribution >= 0.6 is 0 Å². The third-order valence-electron chi connectivity index (χ3n) is 20.9. The van der Waals surface area contributed by atoms with Gasteiger partial charge in [0.05, 0.1) is 38.6 Å². The van der Waals surface area contributed by atoms with Gasteiger partial charge in [-0.3, -0.25) is 4.79 Å². The van der Waals surface area contributed by atoms with Gasteiger partial charge in [0.15, 0.2) is 18.9 Å². The Morgan fingerprint density at radius 2 is 0.634 bits per heavy atom. The number of rotatable bonds is 67. The lowest BCUT2D eigenvalue weighted by Crippen LogP contribution is -2.66. The van der Waals surface area contributed by atoms with Crippen molar-refractivity contribution < 1.29 is 89.4 Å². The van der Waals surface area contributed by atoms with Crippen molar-refractivity contribution in [2.24, 2.45) is 0 Å². The van der Waals surface area contributed by atoms with Crippen molar-refractivity contribution in [3.05, 3.63) is 36.5 Å². The molecule has 3 aliphatic heterocycles. The van der Waals surface area contributed by atoms with E-state index in [1.54, 1.807) is 6.08 Å². The van der Waals surface area contributed by atoms with Gasteiger partial charge in [-0.1, -0.05) is 333 Å². The van der Waals surface area contributed by atoms with Crippen LogP contribution in [0.15, 0.2) is 36.5 Å². The number of carbonyl (C=O) groups excluding carboxylic acids is 1. The molecule has 0 bridgehead atoms. The Hall–Kier alpha value is -1.99. The smallest absolute Gasteiger partial charge is 0.220 e. The Balaban J connectivity index is 1.35. The lowest BCUT2D eigenvalue weighted by Gasteiger charge is -2.48. The molecule has 19 heteroatoms. The molecule has 0 aromatic rings. The monoisotopic (exact) mass is 1440 g/mol. The first-order chi connectivity index (χ1) is 49.3. The summed E-state index contributed by atoms with van der Waals surface area (Å²) < 4.78 is 34.4. The molecule has 594 valence electrons. The van der Waals surface area contributed by atoms with Crippen LogP contribution in [0.2, 0.25) is 0 Å². The third kappa shape index (κ3) is 43.0. The Bertz CT molecular complexity index is 1960. The fourth-order valence-electron chi connectivity index (χ4n) is 14.2. The maximum absolute atomic E-state index is 13.5. The van der Waals surface area contributed by atoms with E-state index < -0.39 is 124 Å². The Morgan fingerprint density at radius 3 is 0.990 bits per heavy atom. The molecule has 0 radical (unpaired) electrons. The normalized spacial score (nSPS) is 26.4. The fraction of sp³-hybridized carbons (Fsp3) is 0.915. The van der Waals surface area contributed by atoms with E-state index >= 15 is 0 Å². The number of unbranched alkanes of at least 4 members (excludes halogenated alkanes) is 47. The second kappa shape index (κ2) is 63.0. The second-order valence-electron chi connectivity index (χ2n) is 29.9. The van der Waals surface area contributed by atoms with Gasteiger partial charge in [0.2, 0.25) is 5.91 Å². The maximum atomic E-state index is 13.5. The van der Waals surface area contributed by atoms with Crippen LogP contribution in [0.3, 0.4) is 0 Å². The van der Waals surface area contributed by atoms with Gasteiger partial charge in [0.25, 0.3) is 0 Å². The third-order valence-corrected chi connectivity index (χ3v) is 20.9. The molecule has 3 fully saturated rings. The van der Waals surface area contributed by atoms with Crippen molar-refractivity contribution in [2.75, 3.05) is 26.4 Å². The van der Waals surface area contributed by atoms with Crippen LogP contribution in [0.5, 0.6) is 0 Å². The first-order valence-corrected chi connectivity index (χ1v) is 41.7. The zero-order valence-electron chi connectivity index (χ0n) is 63.7. The molecule has 17 atom stereocenters. The van der Waals surface area contributed by atoms with Crippen molar-refractivity contribution in [1.29, 1.82) is 0 Å². The molecule has 19 nitrogen and oxygen atoms in total. The number of amides is 1. The van der Waals surface area contributed by atoms with Gasteiger partial charge in [0, 0.05) is 6.42 Å². The second-order valence-corrected chi connectivity index (χ2v) is 29.9. The highest BCUT2D eigenvalue weighted by Crippen LogP contribution is 2.33. The summed E-state index contributed by atoms with van der Waals surface area (Å²) in [6.45, 7) is 1.76. The van der Waals surface area contributed by atoms with E-state index in [-0.39, 0.29) is 18.9 Å². The van der Waals surface area contributed by atoms with Gasteiger partial charge in [-0.05, 0) is 44.9 Å². The minimum absolute atomic E-state index is 0.236. The average molecular weight is 1440 g/mol. The summed E-state index contributed by atoms with van der Waals surface area (Å²) in [5.41, 5.74) is 0. The molecule has 3 saturated heterocycles. The van der Waals surface area contributed by atoms with Crippen LogP contribution in [0.25, 0.3) is 0 Å². The molecule has 0 saturated carbocycles. The summed E-state index contributed by atoms with van der Waals surface area (Å²) >= 11 is 0. The topological polar surface area (TPSA) is 307 Å². The molecule has 12 N–H and O–H groups in total. The van der Waals surface area contributed by atoms with Crippen LogP contribution in [-0.2, 0) is 33.2 Å². The largest absolute Gasteiger partial charge is 0.394 e. The standard InChI is InChI=1S/C82H153NO18/c1-3-5-7-9-11-13-15-17-19-21-23-25-27-28-29-30-31-32-33-34-35-36-37-38-40-42-44-46-48-50-52-54-56-58-60-70(88)83-65(66(87)59-57-55-53-51-49-47-45-43-41-39-26-24-22-20-18-16-14-12-10-8-6-4-2)64-96-80-76(94)73(91)78(68(62-85)98-80)101-82-77(95)74(92)79(69(63-86)99-82)100-81-75(93)72(90)71(89)67(61-84)97-81/h41,43,49,51,57,59,65-69,71-82,84-87,89-95H,3-40,42,44-48,50,52-56,58,60-64H2,1-2H3,(H,83,88)/b43-41+,51-49+,59-57+. The fourth-order valence-corrected chi connectivity index (χ4v) is 14.2. The number of hydrogen-bond donors (Lipinski definition) is 12. The Labute approximate surface area is 612 Å². The van der Waals surface area contributed by atoms with Gasteiger partial charge < -0.3 is 89.9 Å². The molecule has 101 heavy (non-hydrogen) atoms. The van der Waals surface area contributed by atoms with E-state index in [1.807, 2.05) is 6.08 Å². The van der Waals surface area contributed by atoms with Crippen LogP contribution in [0.4, 0.5) is 0 Å². The van der Waals surface area contributed by atoms with Gasteiger partial charge >= 0.3 is 0 Å². The highest BCUT2D eigenvalue weighted by atomic mass is 16.8. The molecule has 0 aromatic heterocycles. The molecule has 3 rings (SSSR count). The van der Waals surface area contributed by atoms with Crippen LogP contribution in [0.1, 0.15) is 348 Å². The van der Waals surface area contributed by atoms with E-state index in [9.17, 15) is 61.0 Å². The number of carbonyl (C=O) groups is 1. The zero-order chi connectivity index (χ0) is 73.2. The van der Waals surface area contributed by atoms with Crippen molar-refractivity contribution in [3.8, 4) is 0 Å². The number of nitrogens with one attached hydrogen (secondary N) is 1. The van der Waals surface area contributed by atoms with E-state index in [2.05, 4.69) is 43.5 Å². The molecule has 17 unspecified atom stereocenters. The van der Waals surface area contributed by atoms with Gasteiger partial charge in [-0.2, -0.15) is 0 Å². The van der Waals surface area contributed by atoms with E-state index in [1.165, 1.54) is 270 Å². The summed E-state index contributed by atoms with van der Waals surface area (Å²) in [6, 6.07) is -0.996. The quantitative estimate of drug-likeness (QED) is 0.0199. The number of allylic oxidation sites excluding steroid dienone is 5. The number of hydrogen-bond acceptors (Lipinski definition) is 18. The summed E-state index contributed by atoms with van der Waals surface area (Å²) in [4.78, 5) is 13.5. The number of aliphatic hydroxyl groups excluding tert-OH is 11. The Morgan fingerprint density at radius 1 is 0.347 bits per heavy atom. The SMILES string of the molecule is CCCCCCCCCCCCCC/C=C/CC/C=C/CC/C=C/C(O)C(COC1OC(CO)C(OC2OC(CO)C(OC3OC(CO)C(O)C(O)C3O)C(O)C2O)C(O)C1O)NC(=O)CCCCCCCCCCCCCCCCCCCCCCCCCCCCCCCCCCCC. The van der Waals surface area contributed by atoms with Crippen LogP contribution < -0.4 is 5.32 Å². The molecule has 0 aromatic carbocycles. The zero-order valence-corrected chi connectivity index (χ0v) is 63.7. The average Bonchev–Trinajstić information content (AvgIpc) is 0.782. The predicted molar refractivity (Wildman–Crippen MR) is 402 cm³/mol. The van der Waals surface area contributed by atoms with E-state index in [4.69, 9.17) is 28.4 Å². The van der Waals surface area contributed by atoms with Crippen LogP contribution in [-0.4, -0.2) is 193 Å². The summed E-state index contributed by atoms with van der Waals surface area (Å²) in [5, 5.41) is 121. The molecule has 0 spiro atoms. The minimum atomic E-state index is -1.98. The maximum Gasteiger partial charge on any atom is 0.220 e. The highest BCUT2D eigenvalue weighted by Gasteiger charge is 2.54.